The number of thioether (sulfide) groups is 1. The number of amides is 1. The van der Waals surface area contributed by atoms with E-state index in [1.807, 2.05) is 54.4 Å². The standard InChI is InChI=1S/C26H31N3O3S/c1-18-8-12-20(13-9-18)28(2)24(30)17-33-26-27-23-7-5-4-6-22(23)25(31)29(26)16-19-10-14-21(32-3)15-11-19/h4-7,10-11,14-15,18,20H,8-9,12-13,16-17H2,1-3H3. The number of nitrogens with zero attached hydrogens (tertiary/aromatic N) is 3. The van der Waals surface area contributed by atoms with Gasteiger partial charge in [-0.05, 0) is 61.4 Å². The third kappa shape index (κ3) is 5.41. The second kappa shape index (κ2) is 10.4. The van der Waals surface area contributed by atoms with Crippen molar-refractivity contribution in [2.45, 2.75) is 50.4 Å². The minimum Gasteiger partial charge on any atom is -0.497 e. The summed E-state index contributed by atoms with van der Waals surface area (Å²) in [5, 5.41) is 1.14. The van der Waals surface area contributed by atoms with Crippen LogP contribution in [0.25, 0.3) is 10.9 Å². The van der Waals surface area contributed by atoms with E-state index in [1.54, 1.807) is 17.7 Å². The van der Waals surface area contributed by atoms with Gasteiger partial charge in [-0.15, -0.1) is 0 Å². The number of carbonyl (C=O) groups is 1. The first-order chi connectivity index (χ1) is 16.0. The number of rotatable bonds is 7. The Morgan fingerprint density at radius 3 is 2.52 bits per heavy atom. The molecule has 0 spiro atoms. The monoisotopic (exact) mass is 465 g/mol. The van der Waals surface area contributed by atoms with Crippen molar-refractivity contribution in [3.8, 4) is 5.75 Å². The minimum absolute atomic E-state index is 0.0814. The fraction of sp³-hybridized carbons (Fsp3) is 0.423. The van der Waals surface area contributed by atoms with Crippen LogP contribution in [-0.2, 0) is 11.3 Å². The maximum Gasteiger partial charge on any atom is 0.262 e. The van der Waals surface area contributed by atoms with Crippen LogP contribution >= 0.6 is 11.8 Å². The molecule has 0 bridgehead atoms. The van der Waals surface area contributed by atoms with Crippen molar-refractivity contribution in [1.29, 1.82) is 0 Å². The van der Waals surface area contributed by atoms with E-state index >= 15 is 0 Å². The number of fused-ring (bicyclic) bond motifs is 1. The molecule has 4 rings (SSSR count). The van der Waals surface area contributed by atoms with E-state index in [1.165, 1.54) is 24.6 Å². The molecule has 0 unspecified atom stereocenters. The van der Waals surface area contributed by atoms with Gasteiger partial charge in [-0.2, -0.15) is 0 Å². The summed E-state index contributed by atoms with van der Waals surface area (Å²) in [6.07, 6.45) is 4.46. The molecule has 0 N–H and O–H groups in total. The van der Waals surface area contributed by atoms with E-state index in [2.05, 4.69) is 6.92 Å². The molecule has 0 saturated heterocycles. The maximum atomic E-state index is 13.3. The number of aromatic nitrogens is 2. The first-order valence-corrected chi connectivity index (χ1v) is 12.5. The Hall–Kier alpha value is -2.80. The average molecular weight is 466 g/mol. The molecule has 2 aromatic carbocycles. The van der Waals surface area contributed by atoms with Crippen molar-refractivity contribution in [3.05, 3.63) is 64.4 Å². The maximum absolute atomic E-state index is 13.3. The summed E-state index contributed by atoms with van der Waals surface area (Å²) in [4.78, 5) is 32.9. The van der Waals surface area contributed by atoms with Gasteiger partial charge >= 0.3 is 0 Å². The van der Waals surface area contributed by atoms with Gasteiger partial charge < -0.3 is 9.64 Å². The number of ether oxygens (including phenoxy) is 1. The molecule has 1 fully saturated rings. The van der Waals surface area contributed by atoms with Crippen LogP contribution in [0.1, 0.15) is 38.2 Å². The molecule has 0 atom stereocenters. The Kier molecular flexibility index (Phi) is 7.38. The van der Waals surface area contributed by atoms with E-state index < -0.39 is 0 Å². The van der Waals surface area contributed by atoms with Gasteiger partial charge in [0.25, 0.3) is 5.56 Å². The average Bonchev–Trinajstić information content (AvgIpc) is 2.85. The van der Waals surface area contributed by atoms with Gasteiger partial charge in [0, 0.05) is 13.1 Å². The lowest BCUT2D eigenvalue weighted by Gasteiger charge is -2.33. The Labute approximate surface area is 199 Å². The topological polar surface area (TPSA) is 64.4 Å². The first kappa shape index (κ1) is 23.4. The smallest absolute Gasteiger partial charge is 0.262 e. The molecular formula is C26H31N3O3S. The SMILES string of the molecule is COc1ccc(Cn2c(SCC(=O)N(C)C3CCC(C)CC3)nc3ccccc3c2=O)cc1. The number of hydrogen-bond donors (Lipinski definition) is 0. The predicted molar refractivity (Wildman–Crippen MR) is 133 cm³/mol. The molecule has 1 aliphatic carbocycles. The van der Waals surface area contributed by atoms with Crippen molar-refractivity contribution in [3.63, 3.8) is 0 Å². The van der Waals surface area contributed by atoms with Crippen LogP contribution in [0.5, 0.6) is 5.75 Å². The second-order valence-corrected chi connectivity index (χ2v) is 9.80. The molecule has 3 aromatic rings. The molecule has 1 saturated carbocycles. The normalized spacial score (nSPS) is 18.3. The Bertz CT molecular complexity index is 1170. The second-order valence-electron chi connectivity index (χ2n) is 8.86. The van der Waals surface area contributed by atoms with Crippen molar-refractivity contribution >= 4 is 28.6 Å². The molecular weight excluding hydrogens is 434 g/mol. The zero-order valence-electron chi connectivity index (χ0n) is 19.5. The number of benzene rings is 2. The summed E-state index contributed by atoms with van der Waals surface area (Å²) < 4.78 is 6.91. The molecule has 7 heteroatoms. The molecule has 0 aliphatic heterocycles. The van der Waals surface area contributed by atoms with E-state index in [0.29, 0.717) is 28.6 Å². The fourth-order valence-corrected chi connectivity index (χ4v) is 5.29. The van der Waals surface area contributed by atoms with Crippen LogP contribution in [0, 0.1) is 5.92 Å². The van der Waals surface area contributed by atoms with Gasteiger partial charge in [-0.25, -0.2) is 4.98 Å². The summed E-state index contributed by atoms with van der Waals surface area (Å²) >= 11 is 1.34. The van der Waals surface area contributed by atoms with Crippen LogP contribution in [0.15, 0.2) is 58.5 Å². The van der Waals surface area contributed by atoms with Crippen LogP contribution in [0.2, 0.25) is 0 Å². The van der Waals surface area contributed by atoms with Crippen LogP contribution in [0.4, 0.5) is 0 Å². The zero-order chi connectivity index (χ0) is 23.4. The van der Waals surface area contributed by atoms with Gasteiger partial charge in [0.1, 0.15) is 5.75 Å². The summed E-state index contributed by atoms with van der Waals surface area (Å²) in [7, 11) is 3.53. The highest BCUT2D eigenvalue weighted by molar-refractivity contribution is 7.99. The summed E-state index contributed by atoms with van der Waals surface area (Å²) in [5.41, 5.74) is 1.52. The highest BCUT2D eigenvalue weighted by atomic mass is 32.2. The lowest BCUT2D eigenvalue weighted by Crippen LogP contribution is -2.40. The lowest BCUT2D eigenvalue weighted by molar-refractivity contribution is -0.129. The van der Waals surface area contributed by atoms with Gasteiger partial charge in [-0.3, -0.25) is 14.2 Å². The van der Waals surface area contributed by atoms with Crippen molar-refractivity contribution in [2.75, 3.05) is 19.9 Å². The molecule has 1 aliphatic rings. The summed E-state index contributed by atoms with van der Waals surface area (Å²) in [5.74, 6) is 1.85. The Balaban J connectivity index is 1.57. The van der Waals surface area contributed by atoms with Gasteiger partial charge in [0.15, 0.2) is 5.16 Å². The van der Waals surface area contributed by atoms with E-state index in [4.69, 9.17) is 9.72 Å². The number of methoxy groups -OCH3 is 1. The quantitative estimate of drug-likeness (QED) is 0.377. The van der Waals surface area contributed by atoms with E-state index in [9.17, 15) is 9.59 Å². The van der Waals surface area contributed by atoms with Crippen molar-refractivity contribution in [2.24, 2.45) is 5.92 Å². The number of para-hydroxylation sites is 1. The third-order valence-corrected chi connectivity index (χ3v) is 7.54. The van der Waals surface area contributed by atoms with E-state index in [0.717, 1.165) is 30.1 Å². The molecule has 1 amide bonds. The van der Waals surface area contributed by atoms with Gasteiger partial charge in [0.05, 0.1) is 30.3 Å². The predicted octanol–water partition coefficient (Wildman–Crippen LogP) is 4.58. The van der Waals surface area contributed by atoms with Crippen LogP contribution < -0.4 is 10.3 Å². The largest absolute Gasteiger partial charge is 0.497 e. The first-order valence-electron chi connectivity index (χ1n) is 11.5. The Morgan fingerprint density at radius 1 is 1.12 bits per heavy atom. The molecule has 6 nitrogen and oxygen atoms in total. The lowest BCUT2D eigenvalue weighted by atomic mass is 9.87. The number of carbonyl (C=O) groups excluding carboxylic acids is 1. The molecule has 0 radical (unpaired) electrons. The fourth-order valence-electron chi connectivity index (χ4n) is 4.37. The molecule has 174 valence electrons. The van der Waals surface area contributed by atoms with Crippen LogP contribution in [-0.4, -0.2) is 46.3 Å². The minimum atomic E-state index is -0.0963. The zero-order valence-corrected chi connectivity index (χ0v) is 20.3. The van der Waals surface area contributed by atoms with Gasteiger partial charge in [-0.1, -0.05) is 43.0 Å². The van der Waals surface area contributed by atoms with Crippen molar-refractivity contribution in [1.82, 2.24) is 14.5 Å². The highest BCUT2D eigenvalue weighted by Crippen LogP contribution is 2.27. The van der Waals surface area contributed by atoms with Gasteiger partial charge in [0.2, 0.25) is 5.91 Å². The molecule has 33 heavy (non-hydrogen) atoms. The summed E-state index contributed by atoms with van der Waals surface area (Å²) in [6, 6.07) is 15.3. The highest BCUT2D eigenvalue weighted by Gasteiger charge is 2.25. The third-order valence-electron chi connectivity index (χ3n) is 6.58. The number of hydrogen-bond acceptors (Lipinski definition) is 5. The van der Waals surface area contributed by atoms with E-state index in [-0.39, 0.29) is 17.2 Å². The molecule has 1 aromatic heterocycles. The van der Waals surface area contributed by atoms with Crippen molar-refractivity contribution < 1.29 is 9.53 Å². The van der Waals surface area contributed by atoms with Crippen LogP contribution in [0.3, 0.4) is 0 Å². The summed E-state index contributed by atoms with van der Waals surface area (Å²) in [6.45, 7) is 2.66. The Morgan fingerprint density at radius 2 is 1.82 bits per heavy atom. The molecule has 1 heterocycles.